The third kappa shape index (κ3) is 3.26. The topological polar surface area (TPSA) is 92.9 Å². The molecule has 0 bridgehead atoms. The van der Waals surface area contributed by atoms with E-state index >= 15 is 0 Å². The molecule has 2 aromatic heterocycles. The summed E-state index contributed by atoms with van der Waals surface area (Å²) >= 11 is 0. The number of hydrazine groups is 1. The molecule has 98 valence electrons. The lowest BCUT2D eigenvalue weighted by molar-refractivity contribution is 0.102. The van der Waals surface area contributed by atoms with Crippen molar-refractivity contribution >= 4 is 17.4 Å². The van der Waals surface area contributed by atoms with E-state index in [4.69, 9.17) is 5.84 Å². The molecule has 0 radical (unpaired) electrons. The zero-order valence-electron chi connectivity index (χ0n) is 10.6. The quantitative estimate of drug-likeness (QED) is 0.571. The van der Waals surface area contributed by atoms with Crippen LogP contribution in [0.15, 0.2) is 36.7 Å². The Morgan fingerprint density at radius 2 is 2.26 bits per heavy atom. The zero-order valence-corrected chi connectivity index (χ0v) is 10.6. The molecule has 0 saturated carbocycles. The summed E-state index contributed by atoms with van der Waals surface area (Å²) in [6, 6.07) is 6.87. The van der Waals surface area contributed by atoms with Gasteiger partial charge in [0.15, 0.2) is 0 Å². The number of carbonyl (C=O) groups excluding carboxylic acids is 1. The van der Waals surface area contributed by atoms with Crippen LogP contribution < -0.4 is 16.6 Å². The molecule has 0 fully saturated rings. The summed E-state index contributed by atoms with van der Waals surface area (Å²) in [4.78, 5) is 20.3. The molecule has 0 spiro atoms. The second-order valence-electron chi connectivity index (χ2n) is 3.93. The number of hydrogen-bond donors (Lipinski definition) is 3. The van der Waals surface area contributed by atoms with E-state index in [0.717, 1.165) is 12.1 Å². The van der Waals surface area contributed by atoms with Crippen molar-refractivity contribution in [1.29, 1.82) is 0 Å². The summed E-state index contributed by atoms with van der Waals surface area (Å²) in [6.45, 7) is 1.96. The number of aryl methyl sites for hydroxylation is 1. The first-order valence-electron chi connectivity index (χ1n) is 5.92. The van der Waals surface area contributed by atoms with Crippen molar-refractivity contribution in [1.82, 2.24) is 9.97 Å². The van der Waals surface area contributed by atoms with Gasteiger partial charge in [0, 0.05) is 17.5 Å². The van der Waals surface area contributed by atoms with Crippen molar-refractivity contribution in [3.8, 4) is 0 Å². The molecule has 6 nitrogen and oxygen atoms in total. The van der Waals surface area contributed by atoms with Crippen LogP contribution >= 0.6 is 0 Å². The third-order valence-corrected chi connectivity index (χ3v) is 2.57. The van der Waals surface area contributed by atoms with Crippen molar-refractivity contribution < 1.29 is 4.79 Å². The Morgan fingerprint density at radius 1 is 1.42 bits per heavy atom. The molecule has 6 heteroatoms. The molecule has 0 atom stereocenters. The van der Waals surface area contributed by atoms with Crippen LogP contribution in [0.2, 0.25) is 0 Å². The van der Waals surface area contributed by atoms with Gasteiger partial charge in [-0.1, -0.05) is 6.92 Å². The lowest BCUT2D eigenvalue weighted by Crippen LogP contribution is -2.15. The van der Waals surface area contributed by atoms with E-state index < -0.39 is 0 Å². The third-order valence-electron chi connectivity index (χ3n) is 2.57. The van der Waals surface area contributed by atoms with Gasteiger partial charge in [0.25, 0.3) is 5.91 Å². The number of nitrogens with two attached hydrogens (primary N) is 1. The Labute approximate surface area is 111 Å². The smallest absolute Gasteiger partial charge is 0.255 e. The Kier molecular flexibility index (Phi) is 4.04. The summed E-state index contributed by atoms with van der Waals surface area (Å²) in [6.07, 6.45) is 3.96. The first-order valence-corrected chi connectivity index (χ1v) is 5.92. The Balaban J connectivity index is 2.23. The molecule has 19 heavy (non-hydrogen) atoms. The van der Waals surface area contributed by atoms with Gasteiger partial charge in [-0.05, 0) is 30.7 Å². The maximum absolute atomic E-state index is 12.1. The molecule has 2 heterocycles. The summed E-state index contributed by atoms with van der Waals surface area (Å²) < 4.78 is 0. The van der Waals surface area contributed by atoms with E-state index in [1.54, 1.807) is 36.7 Å². The molecule has 4 N–H and O–H groups in total. The van der Waals surface area contributed by atoms with E-state index in [9.17, 15) is 4.79 Å². The molecule has 0 unspecified atom stereocenters. The van der Waals surface area contributed by atoms with Crippen LogP contribution in [0.3, 0.4) is 0 Å². The lowest BCUT2D eigenvalue weighted by Gasteiger charge is -2.08. The molecule has 0 aromatic carbocycles. The monoisotopic (exact) mass is 257 g/mol. The van der Waals surface area contributed by atoms with Crippen molar-refractivity contribution in [3.63, 3.8) is 0 Å². The molecular formula is C13H15N5O. The number of nitrogens with one attached hydrogen (secondary N) is 2. The predicted octanol–water partition coefficient (Wildman–Crippen LogP) is 1.58. The standard InChI is InChI=1S/C13H15N5O/c1-2-10-6-9(7-12(16-10)18-14)13(19)17-11-4-3-5-15-8-11/h3-8H,2,14H2,1H3,(H,16,18)(H,17,19). The number of anilines is 2. The zero-order chi connectivity index (χ0) is 13.7. The van der Waals surface area contributed by atoms with E-state index in [2.05, 4.69) is 20.7 Å². The molecule has 0 aliphatic heterocycles. The minimum absolute atomic E-state index is 0.221. The average Bonchev–Trinajstić information content (AvgIpc) is 2.47. The average molecular weight is 257 g/mol. The van der Waals surface area contributed by atoms with Crippen molar-refractivity contribution in [2.45, 2.75) is 13.3 Å². The van der Waals surface area contributed by atoms with Crippen molar-refractivity contribution in [2.24, 2.45) is 5.84 Å². The van der Waals surface area contributed by atoms with Crippen LogP contribution in [-0.4, -0.2) is 15.9 Å². The highest BCUT2D eigenvalue weighted by atomic mass is 16.1. The van der Waals surface area contributed by atoms with Crippen LogP contribution in [0, 0.1) is 0 Å². The first kappa shape index (κ1) is 13.0. The SMILES string of the molecule is CCc1cc(C(=O)Nc2cccnc2)cc(NN)n1. The van der Waals surface area contributed by atoms with Crippen LogP contribution in [0.4, 0.5) is 11.5 Å². The van der Waals surface area contributed by atoms with E-state index in [1.165, 1.54) is 0 Å². The summed E-state index contributed by atoms with van der Waals surface area (Å²) in [5, 5.41) is 2.76. The van der Waals surface area contributed by atoms with Gasteiger partial charge in [-0.3, -0.25) is 9.78 Å². The molecule has 0 aliphatic rings. The number of amides is 1. The van der Waals surface area contributed by atoms with E-state index in [-0.39, 0.29) is 5.91 Å². The summed E-state index contributed by atoms with van der Waals surface area (Å²) in [5.74, 6) is 5.59. The fraction of sp³-hybridized carbons (Fsp3) is 0.154. The van der Waals surface area contributed by atoms with Gasteiger partial charge in [-0.25, -0.2) is 10.8 Å². The van der Waals surface area contributed by atoms with Gasteiger partial charge in [-0.2, -0.15) is 0 Å². The second-order valence-corrected chi connectivity index (χ2v) is 3.93. The van der Waals surface area contributed by atoms with Gasteiger partial charge in [-0.15, -0.1) is 0 Å². The minimum Gasteiger partial charge on any atom is -0.321 e. The van der Waals surface area contributed by atoms with Gasteiger partial charge in [0.05, 0.1) is 11.9 Å². The predicted molar refractivity (Wildman–Crippen MR) is 73.6 cm³/mol. The number of hydrogen-bond acceptors (Lipinski definition) is 5. The number of nitrogens with zero attached hydrogens (tertiary/aromatic N) is 2. The summed E-state index contributed by atoms with van der Waals surface area (Å²) in [7, 11) is 0. The first-order chi connectivity index (χ1) is 9.22. The molecule has 2 rings (SSSR count). The number of nitrogen functional groups attached to an aromatic ring is 1. The Morgan fingerprint density at radius 3 is 2.89 bits per heavy atom. The van der Waals surface area contributed by atoms with E-state index in [0.29, 0.717) is 17.1 Å². The largest absolute Gasteiger partial charge is 0.321 e. The van der Waals surface area contributed by atoms with Gasteiger partial charge >= 0.3 is 0 Å². The fourth-order valence-corrected chi connectivity index (χ4v) is 1.61. The number of carbonyl (C=O) groups is 1. The maximum Gasteiger partial charge on any atom is 0.255 e. The number of pyridine rings is 2. The van der Waals surface area contributed by atoms with Crippen LogP contribution in [0.25, 0.3) is 0 Å². The molecule has 0 saturated heterocycles. The normalized spacial score (nSPS) is 10.0. The van der Waals surface area contributed by atoms with Crippen LogP contribution in [-0.2, 0) is 6.42 Å². The van der Waals surface area contributed by atoms with Crippen molar-refractivity contribution in [2.75, 3.05) is 10.7 Å². The van der Waals surface area contributed by atoms with E-state index in [1.807, 2.05) is 6.92 Å². The highest BCUT2D eigenvalue weighted by Crippen LogP contribution is 2.13. The van der Waals surface area contributed by atoms with Crippen molar-refractivity contribution in [3.05, 3.63) is 47.9 Å². The second kappa shape index (κ2) is 5.92. The molecule has 1 amide bonds. The molecule has 0 aliphatic carbocycles. The minimum atomic E-state index is -0.221. The van der Waals surface area contributed by atoms with Crippen LogP contribution in [0.5, 0.6) is 0 Å². The highest BCUT2D eigenvalue weighted by Gasteiger charge is 2.09. The Hall–Kier alpha value is -2.47. The highest BCUT2D eigenvalue weighted by molar-refractivity contribution is 6.04. The Bertz CT molecular complexity index is 548. The van der Waals surface area contributed by atoms with Gasteiger partial charge in [0.2, 0.25) is 0 Å². The molecular weight excluding hydrogens is 242 g/mol. The van der Waals surface area contributed by atoms with Crippen LogP contribution in [0.1, 0.15) is 23.0 Å². The maximum atomic E-state index is 12.1. The lowest BCUT2D eigenvalue weighted by atomic mass is 10.2. The van der Waals surface area contributed by atoms with Gasteiger partial charge < -0.3 is 10.7 Å². The summed E-state index contributed by atoms with van der Waals surface area (Å²) in [5.41, 5.74) is 4.40. The number of rotatable bonds is 4. The number of aromatic nitrogens is 2. The molecule has 2 aromatic rings. The fourth-order valence-electron chi connectivity index (χ4n) is 1.61. The van der Waals surface area contributed by atoms with Gasteiger partial charge in [0.1, 0.15) is 5.82 Å².